The van der Waals surface area contributed by atoms with Crippen LogP contribution in [0.3, 0.4) is 0 Å². The van der Waals surface area contributed by atoms with E-state index in [0.29, 0.717) is 28.1 Å². The smallest absolute Gasteiger partial charge is 0.151 e. The highest BCUT2D eigenvalue weighted by atomic mass is 19.1. The van der Waals surface area contributed by atoms with Crippen LogP contribution in [-0.4, -0.2) is 15.3 Å². The summed E-state index contributed by atoms with van der Waals surface area (Å²) in [6.45, 7) is 10.1. The highest BCUT2D eigenvalue weighted by Crippen LogP contribution is 2.07. The molecule has 0 aliphatic carbocycles. The number of hydrogen-bond acceptors (Lipinski definition) is 3. The molecule has 0 radical (unpaired) electrons. The van der Waals surface area contributed by atoms with Gasteiger partial charge >= 0.3 is 0 Å². The Morgan fingerprint density at radius 3 is 2.86 bits per heavy atom. The monoisotopic (exact) mass is 300 g/mol. The Morgan fingerprint density at radius 1 is 1.50 bits per heavy atom. The Kier molecular flexibility index (Phi) is 4.75. The van der Waals surface area contributed by atoms with E-state index in [4.69, 9.17) is 5.73 Å². The molecule has 0 saturated carbocycles. The van der Waals surface area contributed by atoms with E-state index >= 15 is 0 Å². The van der Waals surface area contributed by atoms with E-state index in [-0.39, 0.29) is 5.82 Å². The second-order valence-electron chi connectivity index (χ2n) is 5.34. The van der Waals surface area contributed by atoms with Crippen LogP contribution in [0.15, 0.2) is 35.6 Å². The first-order valence-corrected chi connectivity index (χ1v) is 7.27. The third kappa shape index (κ3) is 3.24. The molecular formula is C17H21FN4. The van der Waals surface area contributed by atoms with Crippen molar-refractivity contribution in [2.45, 2.75) is 27.2 Å². The molecule has 0 spiro atoms. The Labute approximate surface area is 129 Å². The largest absolute Gasteiger partial charge is 0.382 e. The van der Waals surface area contributed by atoms with Crippen LogP contribution in [0, 0.1) is 11.7 Å². The molecular weight excluding hydrogens is 279 g/mol. The van der Waals surface area contributed by atoms with Crippen molar-refractivity contribution < 1.29 is 4.39 Å². The van der Waals surface area contributed by atoms with E-state index < -0.39 is 0 Å². The number of aliphatic imine (C=N–C) groups is 1. The van der Waals surface area contributed by atoms with Crippen LogP contribution < -0.4 is 16.4 Å². The van der Waals surface area contributed by atoms with Crippen LogP contribution >= 0.6 is 0 Å². The standard InChI is InChI=1S/C17H21FN4/c1-5-11(2)12(3)21-17(19)16-13(4)22(10-20-16)15-8-6-7-14(18)9-15/h6-11H,4-5,19H2,1-3H3/b17-16+,21-12-. The number of aromatic nitrogens is 2. The summed E-state index contributed by atoms with van der Waals surface area (Å²) >= 11 is 0. The lowest BCUT2D eigenvalue weighted by atomic mass is 10.0. The zero-order chi connectivity index (χ0) is 16.3. The average molecular weight is 300 g/mol. The van der Waals surface area contributed by atoms with Gasteiger partial charge < -0.3 is 5.73 Å². The zero-order valence-corrected chi connectivity index (χ0v) is 13.2. The van der Waals surface area contributed by atoms with Crippen molar-refractivity contribution in [1.82, 2.24) is 9.55 Å². The van der Waals surface area contributed by atoms with Gasteiger partial charge in [0.05, 0.1) is 5.35 Å². The van der Waals surface area contributed by atoms with Gasteiger partial charge in [-0.1, -0.05) is 26.5 Å². The van der Waals surface area contributed by atoms with Crippen LogP contribution in [0.4, 0.5) is 4.39 Å². The second kappa shape index (κ2) is 6.56. The molecule has 0 aliphatic heterocycles. The predicted molar refractivity (Wildman–Crippen MR) is 88.5 cm³/mol. The number of halogens is 1. The third-order valence-corrected chi connectivity index (χ3v) is 3.82. The number of rotatable bonds is 4. The van der Waals surface area contributed by atoms with Gasteiger partial charge in [-0.3, -0.25) is 4.57 Å². The van der Waals surface area contributed by atoms with Crippen LogP contribution in [-0.2, 0) is 0 Å². The summed E-state index contributed by atoms with van der Waals surface area (Å²) in [6, 6.07) is 6.24. The van der Waals surface area contributed by atoms with E-state index in [1.165, 1.54) is 12.1 Å². The number of nitrogens with zero attached hydrogens (tertiary/aromatic N) is 3. The maximum Gasteiger partial charge on any atom is 0.151 e. The molecule has 1 atom stereocenters. The average Bonchev–Trinajstić information content (AvgIpc) is 2.88. The molecule has 1 aromatic carbocycles. The van der Waals surface area contributed by atoms with Crippen molar-refractivity contribution in [2.75, 3.05) is 0 Å². The van der Waals surface area contributed by atoms with E-state index in [2.05, 4.69) is 30.4 Å². The highest BCUT2D eigenvalue weighted by molar-refractivity contribution is 5.87. The molecule has 2 aromatic rings. The van der Waals surface area contributed by atoms with Gasteiger partial charge in [0.2, 0.25) is 0 Å². The molecule has 1 unspecified atom stereocenters. The fourth-order valence-corrected chi connectivity index (χ4v) is 2.08. The molecule has 2 N–H and O–H groups in total. The molecule has 5 heteroatoms. The Morgan fingerprint density at radius 2 is 2.23 bits per heavy atom. The Hall–Kier alpha value is -2.43. The van der Waals surface area contributed by atoms with Gasteiger partial charge in [0, 0.05) is 11.4 Å². The van der Waals surface area contributed by atoms with E-state index in [1.807, 2.05) is 6.92 Å². The fourth-order valence-electron chi connectivity index (χ4n) is 2.08. The zero-order valence-electron chi connectivity index (χ0n) is 13.2. The summed E-state index contributed by atoms with van der Waals surface area (Å²) in [5.41, 5.74) is 7.66. The SMILES string of the molecule is C=c1/c(=C(N)\N=C(\C)C(C)CC)ncn1-c1cccc(F)c1. The minimum Gasteiger partial charge on any atom is -0.382 e. The minimum absolute atomic E-state index is 0.310. The van der Waals surface area contributed by atoms with Crippen LogP contribution in [0.1, 0.15) is 27.2 Å². The van der Waals surface area contributed by atoms with Gasteiger partial charge in [-0.15, -0.1) is 0 Å². The highest BCUT2D eigenvalue weighted by Gasteiger charge is 2.06. The maximum atomic E-state index is 13.3. The number of benzene rings is 1. The summed E-state index contributed by atoms with van der Waals surface area (Å²) < 4.78 is 15.0. The van der Waals surface area contributed by atoms with Crippen LogP contribution in [0.2, 0.25) is 0 Å². The van der Waals surface area contributed by atoms with E-state index in [1.54, 1.807) is 23.0 Å². The van der Waals surface area contributed by atoms with Gasteiger partial charge in [0.1, 0.15) is 17.5 Å². The lowest BCUT2D eigenvalue weighted by molar-refractivity contribution is 0.626. The molecule has 0 saturated heterocycles. The first kappa shape index (κ1) is 15.9. The normalized spacial score (nSPS) is 14.8. The summed E-state index contributed by atoms with van der Waals surface area (Å²) in [4.78, 5) is 8.69. The molecule has 0 aliphatic rings. The van der Waals surface area contributed by atoms with Gasteiger partial charge in [-0.05, 0) is 37.5 Å². The van der Waals surface area contributed by atoms with Crippen molar-refractivity contribution in [3.05, 3.63) is 47.1 Å². The van der Waals surface area contributed by atoms with E-state index in [9.17, 15) is 4.39 Å². The fraction of sp³-hybridized carbons (Fsp3) is 0.294. The van der Waals surface area contributed by atoms with Gasteiger partial charge in [0.25, 0.3) is 0 Å². The summed E-state index contributed by atoms with van der Waals surface area (Å²) in [6.07, 6.45) is 2.57. The summed E-state index contributed by atoms with van der Waals surface area (Å²) in [5, 5.41) is 1.11. The van der Waals surface area contributed by atoms with Crippen molar-refractivity contribution in [3.8, 4) is 5.69 Å². The van der Waals surface area contributed by atoms with Crippen molar-refractivity contribution >= 4 is 18.1 Å². The molecule has 4 nitrogen and oxygen atoms in total. The molecule has 2 rings (SSSR count). The number of hydrogen-bond donors (Lipinski definition) is 1. The molecule has 22 heavy (non-hydrogen) atoms. The molecule has 116 valence electrons. The number of nitrogens with two attached hydrogens (primary N) is 1. The van der Waals surface area contributed by atoms with Crippen LogP contribution in [0.25, 0.3) is 18.1 Å². The molecule has 0 fully saturated rings. The Balaban J connectivity index is 2.52. The topological polar surface area (TPSA) is 56.2 Å². The summed E-state index contributed by atoms with van der Waals surface area (Å²) in [5.74, 6) is 0.379. The molecule has 0 bridgehead atoms. The van der Waals surface area contributed by atoms with Gasteiger partial charge in [-0.2, -0.15) is 0 Å². The predicted octanol–water partition coefficient (Wildman–Crippen LogP) is 1.95. The Bertz CT molecular complexity index is 804. The van der Waals surface area contributed by atoms with Crippen molar-refractivity contribution in [3.63, 3.8) is 0 Å². The first-order chi connectivity index (χ1) is 10.4. The first-order valence-electron chi connectivity index (χ1n) is 7.27. The van der Waals surface area contributed by atoms with E-state index in [0.717, 1.165) is 12.1 Å². The lowest BCUT2D eigenvalue weighted by Gasteiger charge is -2.07. The quantitative estimate of drug-likeness (QED) is 0.878. The second-order valence-corrected chi connectivity index (χ2v) is 5.34. The van der Waals surface area contributed by atoms with Crippen molar-refractivity contribution in [2.24, 2.45) is 16.6 Å². The summed E-state index contributed by atoms with van der Waals surface area (Å²) in [7, 11) is 0. The lowest BCUT2D eigenvalue weighted by Crippen LogP contribution is -2.32. The van der Waals surface area contributed by atoms with Gasteiger partial charge in [0.15, 0.2) is 5.82 Å². The molecule has 1 aromatic heterocycles. The van der Waals surface area contributed by atoms with Crippen molar-refractivity contribution in [1.29, 1.82) is 0 Å². The number of imidazole rings is 1. The molecule has 1 heterocycles. The maximum absolute atomic E-state index is 13.3. The minimum atomic E-state index is -0.310. The molecule has 0 amide bonds. The third-order valence-electron chi connectivity index (χ3n) is 3.82. The van der Waals surface area contributed by atoms with Gasteiger partial charge in [-0.25, -0.2) is 14.4 Å². The van der Waals surface area contributed by atoms with Crippen LogP contribution in [0.5, 0.6) is 0 Å².